The molecule has 1 atom stereocenters. The summed E-state index contributed by atoms with van der Waals surface area (Å²) in [5.74, 6) is 0.909. The number of aryl methyl sites for hydroxylation is 2. The maximum absolute atomic E-state index is 12.0. The molecule has 146 valence electrons. The maximum atomic E-state index is 12.0. The third kappa shape index (κ3) is 3.40. The number of rotatable bonds is 4. The number of anilines is 2. The average molecular weight is 378 g/mol. The Balaban J connectivity index is 1.74. The zero-order valence-electron chi connectivity index (χ0n) is 16.8. The summed E-state index contributed by atoms with van der Waals surface area (Å²) in [6.45, 7) is 7.10. The van der Waals surface area contributed by atoms with Crippen molar-refractivity contribution < 1.29 is 4.79 Å². The van der Waals surface area contributed by atoms with E-state index >= 15 is 0 Å². The lowest BCUT2D eigenvalue weighted by Gasteiger charge is -2.27. The number of benzene rings is 1. The SMILES string of the molecule is CC(=O)N1CCc2c(c(Nc3cccc(C)c3)nn2C(C)c2ccn(C)n2)C1. The molecule has 1 amide bonds. The van der Waals surface area contributed by atoms with Gasteiger partial charge in [-0.25, -0.2) is 0 Å². The van der Waals surface area contributed by atoms with Gasteiger partial charge in [-0.2, -0.15) is 10.2 Å². The fourth-order valence-electron chi connectivity index (χ4n) is 3.78. The Labute approximate surface area is 165 Å². The van der Waals surface area contributed by atoms with Crippen LogP contribution >= 0.6 is 0 Å². The van der Waals surface area contributed by atoms with E-state index in [2.05, 4.69) is 41.1 Å². The number of nitrogens with one attached hydrogen (secondary N) is 1. The number of carbonyl (C=O) groups excluding carboxylic acids is 1. The summed E-state index contributed by atoms with van der Waals surface area (Å²) < 4.78 is 3.87. The standard InChI is InChI=1S/C21H26N6O/c1-14-6-5-7-17(12-14)22-21-18-13-26(16(3)28)11-9-20(18)27(24-21)15(2)19-8-10-25(4)23-19/h5-8,10,12,15H,9,11,13H2,1-4H3,(H,22,24). The quantitative estimate of drug-likeness (QED) is 0.757. The lowest BCUT2D eigenvalue weighted by atomic mass is 10.1. The summed E-state index contributed by atoms with van der Waals surface area (Å²) in [6, 6.07) is 10.3. The number of fused-ring (bicyclic) bond motifs is 1. The molecular formula is C21H26N6O. The van der Waals surface area contributed by atoms with Crippen molar-refractivity contribution in [3.05, 3.63) is 59.0 Å². The van der Waals surface area contributed by atoms with Crippen molar-refractivity contribution in [2.75, 3.05) is 11.9 Å². The summed E-state index contributed by atoms with van der Waals surface area (Å²) in [6.07, 6.45) is 2.74. The van der Waals surface area contributed by atoms with Crippen molar-refractivity contribution in [3.63, 3.8) is 0 Å². The summed E-state index contributed by atoms with van der Waals surface area (Å²) in [7, 11) is 1.92. The van der Waals surface area contributed by atoms with Gasteiger partial charge in [0.05, 0.1) is 18.3 Å². The molecule has 1 aliphatic rings. The third-order valence-electron chi connectivity index (χ3n) is 5.34. The van der Waals surface area contributed by atoms with Gasteiger partial charge in [0.2, 0.25) is 5.91 Å². The van der Waals surface area contributed by atoms with Crippen LogP contribution in [-0.4, -0.2) is 36.9 Å². The number of amides is 1. The summed E-state index contributed by atoms with van der Waals surface area (Å²) in [4.78, 5) is 13.8. The zero-order chi connectivity index (χ0) is 19.8. The first kappa shape index (κ1) is 18.3. The van der Waals surface area contributed by atoms with Crippen LogP contribution in [0, 0.1) is 6.92 Å². The predicted octanol–water partition coefficient (Wildman–Crippen LogP) is 3.18. The summed E-state index contributed by atoms with van der Waals surface area (Å²) >= 11 is 0. The molecule has 1 unspecified atom stereocenters. The van der Waals surface area contributed by atoms with Gasteiger partial charge in [-0.05, 0) is 37.6 Å². The van der Waals surface area contributed by atoms with E-state index in [1.807, 2.05) is 41.0 Å². The first-order valence-electron chi connectivity index (χ1n) is 9.61. The van der Waals surface area contributed by atoms with E-state index in [-0.39, 0.29) is 11.9 Å². The Morgan fingerprint density at radius 1 is 1.25 bits per heavy atom. The minimum absolute atomic E-state index is 0.0203. The van der Waals surface area contributed by atoms with Gasteiger partial charge in [0.25, 0.3) is 0 Å². The van der Waals surface area contributed by atoms with E-state index < -0.39 is 0 Å². The smallest absolute Gasteiger partial charge is 0.219 e. The van der Waals surface area contributed by atoms with Gasteiger partial charge in [0, 0.05) is 50.1 Å². The molecule has 0 fully saturated rings. The third-order valence-corrected chi connectivity index (χ3v) is 5.34. The van der Waals surface area contributed by atoms with E-state index in [1.165, 1.54) is 11.3 Å². The van der Waals surface area contributed by atoms with Crippen LogP contribution in [0.25, 0.3) is 0 Å². The molecule has 3 aromatic rings. The topological polar surface area (TPSA) is 68.0 Å². The van der Waals surface area contributed by atoms with Gasteiger partial charge in [0.15, 0.2) is 5.82 Å². The van der Waals surface area contributed by atoms with E-state index in [0.717, 1.165) is 29.2 Å². The number of carbonyl (C=O) groups is 1. The molecule has 2 aromatic heterocycles. The Morgan fingerprint density at radius 2 is 2.07 bits per heavy atom. The Bertz CT molecular complexity index is 1020. The minimum atomic E-state index is 0.0203. The molecule has 1 N–H and O–H groups in total. The van der Waals surface area contributed by atoms with E-state index in [9.17, 15) is 4.79 Å². The number of nitrogens with zero attached hydrogens (tertiary/aromatic N) is 5. The molecule has 0 bridgehead atoms. The fraction of sp³-hybridized carbons (Fsp3) is 0.381. The van der Waals surface area contributed by atoms with Crippen molar-refractivity contribution in [2.45, 2.75) is 39.8 Å². The van der Waals surface area contributed by atoms with Crippen LogP contribution in [0.4, 0.5) is 11.5 Å². The normalized spacial score (nSPS) is 14.6. The van der Waals surface area contributed by atoms with Gasteiger partial charge in [-0.1, -0.05) is 12.1 Å². The molecule has 0 radical (unpaired) electrons. The fourth-order valence-corrected chi connectivity index (χ4v) is 3.78. The van der Waals surface area contributed by atoms with Crippen LogP contribution in [0.15, 0.2) is 36.5 Å². The van der Waals surface area contributed by atoms with Gasteiger partial charge < -0.3 is 10.2 Å². The monoisotopic (exact) mass is 378 g/mol. The van der Waals surface area contributed by atoms with Crippen molar-refractivity contribution in [2.24, 2.45) is 7.05 Å². The summed E-state index contributed by atoms with van der Waals surface area (Å²) in [5.41, 5.74) is 5.42. The van der Waals surface area contributed by atoms with Crippen LogP contribution < -0.4 is 5.32 Å². The number of aromatic nitrogens is 4. The first-order chi connectivity index (χ1) is 13.4. The molecular weight excluding hydrogens is 352 g/mol. The van der Waals surface area contributed by atoms with Gasteiger partial charge in [0.1, 0.15) is 0 Å². The highest BCUT2D eigenvalue weighted by Gasteiger charge is 2.28. The Kier molecular flexibility index (Phi) is 4.66. The predicted molar refractivity (Wildman–Crippen MR) is 109 cm³/mol. The van der Waals surface area contributed by atoms with E-state index in [0.29, 0.717) is 13.1 Å². The van der Waals surface area contributed by atoms with Crippen LogP contribution in [0.1, 0.15) is 42.4 Å². The summed E-state index contributed by atoms with van der Waals surface area (Å²) in [5, 5.41) is 12.9. The van der Waals surface area contributed by atoms with Crippen molar-refractivity contribution >= 4 is 17.4 Å². The minimum Gasteiger partial charge on any atom is -0.338 e. The van der Waals surface area contributed by atoms with Crippen LogP contribution in [0.5, 0.6) is 0 Å². The van der Waals surface area contributed by atoms with Crippen molar-refractivity contribution in [1.29, 1.82) is 0 Å². The molecule has 7 nitrogen and oxygen atoms in total. The highest BCUT2D eigenvalue weighted by molar-refractivity contribution is 5.74. The first-order valence-corrected chi connectivity index (χ1v) is 9.61. The average Bonchev–Trinajstić information content (AvgIpc) is 3.25. The van der Waals surface area contributed by atoms with Crippen molar-refractivity contribution in [1.82, 2.24) is 24.5 Å². The van der Waals surface area contributed by atoms with Crippen molar-refractivity contribution in [3.8, 4) is 0 Å². The van der Waals surface area contributed by atoms with Crippen LogP contribution in [0.3, 0.4) is 0 Å². The molecule has 7 heteroatoms. The molecule has 0 aliphatic carbocycles. The second kappa shape index (κ2) is 7.14. The number of hydrogen-bond acceptors (Lipinski definition) is 4. The lowest BCUT2D eigenvalue weighted by molar-refractivity contribution is -0.129. The van der Waals surface area contributed by atoms with Gasteiger partial charge >= 0.3 is 0 Å². The zero-order valence-corrected chi connectivity index (χ0v) is 16.8. The lowest BCUT2D eigenvalue weighted by Crippen LogP contribution is -2.35. The molecule has 0 saturated heterocycles. The molecule has 3 heterocycles. The second-order valence-electron chi connectivity index (χ2n) is 7.49. The number of hydrogen-bond donors (Lipinski definition) is 1. The molecule has 4 rings (SSSR count). The largest absolute Gasteiger partial charge is 0.338 e. The van der Waals surface area contributed by atoms with E-state index in [4.69, 9.17) is 5.10 Å². The van der Waals surface area contributed by atoms with E-state index in [1.54, 1.807) is 6.92 Å². The highest BCUT2D eigenvalue weighted by atomic mass is 16.2. The highest BCUT2D eigenvalue weighted by Crippen LogP contribution is 2.32. The molecule has 0 saturated carbocycles. The molecule has 1 aliphatic heterocycles. The molecule has 0 spiro atoms. The Morgan fingerprint density at radius 3 is 2.75 bits per heavy atom. The van der Waals surface area contributed by atoms with Gasteiger partial charge in [-0.15, -0.1) is 0 Å². The molecule has 1 aromatic carbocycles. The van der Waals surface area contributed by atoms with Gasteiger partial charge in [-0.3, -0.25) is 14.2 Å². The van der Waals surface area contributed by atoms with Crippen LogP contribution in [0.2, 0.25) is 0 Å². The molecule has 28 heavy (non-hydrogen) atoms. The van der Waals surface area contributed by atoms with Crippen LogP contribution in [-0.2, 0) is 24.8 Å². The maximum Gasteiger partial charge on any atom is 0.219 e. The Hall–Kier alpha value is -3.09. The second-order valence-corrected chi connectivity index (χ2v) is 7.49.